The van der Waals surface area contributed by atoms with Crippen LogP contribution in [0.15, 0.2) is 32.8 Å². The van der Waals surface area contributed by atoms with E-state index in [4.69, 9.17) is 4.42 Å². The van der Waals surface area contributed by atoms with Gasteiger partial charge >= 0.3 is 6.03 Å². The molecule has 1 N–H and O–H groups in total. The van der Waals surface area contributed by atoms with E-state index in [-0.39, 0.29) is 17.6 Å². The maximum Gasteiger partial charge on any atom is 0.367 e. The molecule has 2 aliphatic rings. The summed E-state index contributed by atoms with van der Waals surface area (Å²) in [6.45, 7) is 0.369. The number of nitrogens with one attached hydrogen (secondary N) is 1. The average Bonchev–Trinajstić information content (AvgIpc) is 3.13. The molecule has 1 atom stereocenters. The van der Waals surface area contributed by atoms with E-state index in [0.717, 1.165) is 30.0 Å². The van der Waals surface area contributed by atoms with E-state index in [1.54, 1.807) is 18.4 Å². The van der Waals surface area contributed by atoms with Crippen LogP contribution in [0.1, 0.15) is 25.0 Å². The summed E-state index contributed by atoms with van der Waals surface area (Å²) in [7, 11) is 0. The highest BCUT2D eigenvalue weighted by molar-refractivity contribution is 8.14. The Morgan fingerprint density at radius 2 is 2.38 bits per heavy atom. The fourth-order valence-electron chi connectivity index (χ4n) is 2.47. The molecule has 6 nitrogen and oxygen atoms in total. The van der Waals surface area contributed by atoms with Crippen molar-refractivity contribution in [2.75, 3.05) is 5.75 Å². The summed E-state index contributed by atoms with van der Waals surface area (Å²) >= 11 is 1.33. The van der Waals surface area contributed by atoms with Gasteiger partial charge in [0.1, 0.15) is 5.76 Å². The Hall–Kier alpha value is -1.89. The van der Waals surface area contributed by atoms with Crippen LogP contribution in [0.5, 0.6) is 0 Å². The molecule has 2 heterocycles. The number of rotatable bonds is 4. The van der Waals surface area contributed by atoms with E-state index in [1.165, 1.54) is 11.8 Å². The smallest absolute Gasteiger partial charge is 0.367 e. The molecule has 1 aromatic rings. The van der Waals surface area contributed by atoms with Gasteiger partial charge in [-0.2, -0.15) is 4.99 Å². The number of carbonyl (C=O) groups excluding carboxylic acids is 2. The van der Waals surface area contributed by atoms with Crippen LogP contribution in [-0.4, -0.2) is 28.4 Å². The molecule has 110 valence electrons. The second-order valence-electron chi connectivity index (χ2n) is 4.93. The van der Waals surface area contributed by atoms with E-state index < -0.39 is 6.03 Å². The molecule has 1 saturated carbocycles. The zero-order valence-corrected chi connectivity index (χ0v) is 12.2. The van der Waals surface area contributed by atoms with Gasteiger partial charge in [0.2, 0.25) is 5.91 Å². The molecule has 1 aliphatic heterocycles. The van der Waals surface area contributed by atoms with Gasteiger partial charge in [-0.1, -0.05) is 0 Å². The number of fused-ring (bicyclic) bond motifs is 1. The van der Waals surface area contributed by atoms with E-state index in [2.05, 4.69) is 15.3 Å². The monoisotopic (exact) mass is 305 g/mol. The van der Waals surface area contributed by atoms with Crippen LogP contribution < -0.4 is 5.32 Å². The lowest BCUT2D eigenvalue weighted by Crippen LogP contribution is -2.27. The van der Waals surface area contributed by atoms with Crippen molar-refractivity contribution < 1.29 is 14.0 Å². The normalized spacial score (nSPS) is 20.8. The summed E-state index contributed by atoms with van der Waals surface area (Å²) in [5.41, 5.74) is 0.925. The summed E-state index contributed by atoms with van der Waals surface area (Å²) in [4.78, 5) is 31.2. The summed E-state index contributed by atoms with van der Waals surface area (Å²) in [6.07, 6.45) is 4.42. The van der Waals surface area contributed by atoms with Gasteiger partial charge in [-0.25, -0.2) is 9.79 Å². The Morgan fingerprint density at radius 3 is 3.19 bits per heavy atom. The van der Waals surface area contributed by atoms with Crippen molar-refractivity contribution in [2.45, 2.75) is 25.8 Å². The summed E-state index contributed by atoms with van der Waals surface area (Å²) < 4.78 is 5.14. The lowest BCUT2D eigenvalue weighted by molar-refractivity contribution is -0.118. The van der Waals surface area contributed by atoms with Crippen molar-refractivity contribution in [3.63, 3.8) is 0 Å². The highest BCUT2D eigenvalue weighted by atomic mass is 32.2. The van der Waals surface area contributed by atoms with Gasteiger partial charge in [-0.15, -0.1) is 11.8 Å². The van der Waals surface area contributed by atoms with Crippen LogP contribution in [0.25, 0.3) is 0 Å². The predicted octanol–water partition coefficient (Wildman–Crippen LogP) is 2.40. The van der Waals surface area contributed by atoms with Crippen molar-refractivity contribution in [2.24, 2.45) is 15.9 Å². The maximum atomic E-state index is 11.8. The molecule has 1 aliphatic carbocycles. The number of urea groups is 1. The Balaban J connectivity index is 1.50. The Bertz CT molecular complexity index is 607. The second-order valence-corrected chi connectivity index (χ2v) is 5.92. The Kier molecular flexibility index (Phi) is 4.19. The first-order chi connectivity index (χ1) is 10.2. The molecule has 1 aromatic heterocycles. The van der Waals surface area contributed by atoms with Gasteiger partial charge in [0.05, 0.1) is 23.6 Å². The molecule has 3 amide bonds. The van der Waals surface area contributed by atoms with Gasteiger partial charge in [-0.05, 0) is 31.4 Å². The molecule has 21 heavy (non-hydrogen) atoms. The molecule has 7 heteroatoms. The number of nitrogens with zero attached hydrogens (tertiary/aromatic N) is 2. The highest BCUT2D eigenvalue weighted by Crippen LogP contribution is 2.31. The minimum absolute atomic E-state index is 0.103. The number of hydrogen-bond acceptors (Lipinski definition) is 4. The quantitative estimate of drug-likeness (QED) is 0.925. The third-order valence-corrected chi connectivity index (χ3v) is 4.54. The third-order valence-electron chi connectivity index (χ3n) is 3.46. The fourth-order valence-corrected chi connectivity index (χ4v) is 3.45. The first-order valence-electron chi connectivity index (χ1n) is 6.84. The van der Waals surface area contributed by atoms with Crippen molar-refractivity contribution in [3.05, 3.63) is 24.2 Å². The predicted molar refractivity (Wildman–Crippen MR) is 80.6 cm³/mol. The molecule has 0 aromatic carbocycles. The first-order valence-corrected chi connectivity index (χ1v) is 7.83. The van der Waals surface area contributed by atoms with Crippen LogP contribution in [-0.2, 0) is 11.3 Å². The highest BCUT2D eigenvalue weighted by Gasteiger charge is 2.32. The number of amides is 3. The molecular formula is C14H15N3O3S. The van der Waals surface area contributed by atoms with Crippen LogP contribution in [0.2, 0.25) is 0 Å². The minimum Gasteiger partial charge on any atom is -0.467 e. The zero-order chi connectivity index (χ0) is 14.7. The number of thioether (sulfide) groups is 1. The van der Waals surface area contributed by atoms with E-state index >= 15 is 0 Å². The van der Waals surface area contributed by atoms with Gasteiger partial charge in [0.15, 0.2) is 0 Å². The molecule has 1 unspecified atom stereocenters. The van der Waals surface area contributed by atoms with Crippen molar-refractivity contribution in [3.8, 4) is 0 Å². The van der Waals surface area contributed by atoms with Crippen molar-refractivity contribution in [1.29, 1.82) is 0 Å². The SMILES string of the molecule is O=C1N=C2CCCC2C(SCC(=O)NCc2ccco2)=N1. The Morgan fingerprint density at radius 1 is 1.48 bits per heavy atom. The lowest BCUT2D eigenvalue weighted by Gasteiger charge is -2.16. The number of aliphatic imine (C=N–C) groups is 2. The van der Waals surface area contributed by atoms with Gasteiger partial charge < -0.3 is 9.73 Å². The Labute approximate surface area is 126 Å². The van der Waals surface area contributed by atoms with E-state index in [0.29, 0.717) is 12.3 Å². The standard InChI is InChI=1S/C14H15N3O3S/c18-12(15-7-9-3-2-6-20-9)8-21-13-10-4-1-5-11(10)16-14(19)17-13/h2-3,6,10H,1,4-5,7-8H2,(H,15,18). The number of carbonyl (C=O) groups is 2. The molecular weight excluding hydrogens is 290 g/mol. The summed E-state index contributed by atoms with van der Waals surface area (Å²) in [5.74, 6) is 0.999. The van der Waals surface area contributed by atoms with Crippen LogP contribution in [0.4, 0.5) is 4.79 Å². The minimum atomic E-state index is -0.443. The number of hydrogen-bond donors (Lipinski definition) is 1. The summed E-state index contributed by atoms with van der Waals surface area (Å²) in [6, 6.07) is 3.14. The number of furan rings is 1. The van der Waals surface area contributed by atoms with E-state index in [9.17, 15) is 9.59 Å². The second kappa shape index (κ2) is 6.26. The molecule has 1 fully saturated rings. The van der Waals surface area contributed by atoms with Crippen LogP contribution >= 0.6 is 11.8 Å². The van der Waals surface area contributed by atoms with Crippen molar-refractivity contribution in [1.82, 2.24) is 5.32 Å². The molecule has 3 rings (SSSR count). The third kappa shape index (κ3) is 3.41. The van der Waals surface area contributed by atoms with Gasteiger partial charge in [0.25, 0.3) is 0 Å². The molecule has 0 bridgehead atoms. The molecule has 0 saturated heterocycles. The first kappa shape index (κ1) is 14.1. The van der Waals surface area contributed by atoms with Gasteiger partial charge in [0, 0.05) is 11.6 Å². The molecule has 0 spiro atoms. The average molecular weight is 305 g/mol. The van der Waals surface area contributed by atoms with Crippen LogP contribution in [0, 0.1) is 5.92 Å². The largest absolute Gasteiger partial charge is 0.467 e. The molecule has 0 radical (unpaired) electrons. The summed E-state index contributed by atoms with van der Waals surface area (Å²) in [5, 5.41) is 3.50. The van der Waals surface area contributed by atoms with Crippen molar-refractivity contribution >= 4 is 34.5 Å². The topological polar surface area (TPSA) is 84.0 Å². The lowest BCUT2D eigenvalue weighted by atomic mass is 10.1. The van der Waals surface area contributed by atoms with E-state index in [1.807, 2.05) is 0 Å². The van der Waals surface area contributed by atoms with Crippen LogP contribution in [0.3, 0.4) is 0 Å². The fraction of sp³-hybridized carbons (Fsp3) is 0.429. The van der Waals surface area contributed by atoms with Gasteiger partial charge in [-0.3, -0.25) is 4.79 Å². The zero-order valence-electron chi connectivity index (χ0n) is 11.4. The maximum absolute atomic E-state index is 11.8.